The Morgan fingerprint density at radius 3 is 2.40 bits per heavy atom. The summed E-state index contributed by atoms with van der Waals surface area (Å²) >= 11 is 0. The van der Waals surface area contributed by atoms with Crippen LogP contribution in [0.3, 0.4) is 0 Å². The monoisotopic (exact) mass is 445 g/mol. The normalized spacial score (nSPS) is 15.4. The first-order valence-corrected chi connectivity index (χ1v) is 10.4. The molecule has 0 bridgehead atoms. The van der Waals surface area contributed by atoms with Crippen LogP contribution in [0.2, 0.25) is 0 Å². The molecule has 0 amide bonds. The number of nitrogens with zero attached hydrogens (tertiary/aromatic N) is 2. The standard InChI is InChI=1S/C18H18F3N3O5S/c19-18(20,21)17(25)29-24(30(26,27)16-7-3-4-10-23-16)14-5-1-2-6-15(14)28-13-8-11-22-12-9-13/h1-7,10,13,22H,8-9,11-12H2. The van der Waals surface area contributed by atoms with Crippen LogP contribution in [0.25, 0.3) is 0 Å². The molecule has 162 valence electrons. The molecule has 8 nitrogen and oxygen atoms in total. The van der Waals surface area contributed by atoms with Crippen LogP contribution in [0.1, 0.15) is 12.8 Å². The van der Waals surface area contributed by atoms with E-state index in [0.29, 0.717) is 25.9 Å². The largest absolute Gasteiger partial charge is 0.493 e. The number of nitrogens with one attached hydrogen (secondary N) is 1. The number of aromatic nitrogens is 1. The lowest BCUT2D eigenvalue weighted by Gasteiger charge is -2.28. The van der Waals surface area contributed by atoms with E-state index in [4.69, 9.17) is 4.74 Å². The predicted octanol–water partition coefficient (Wildman–Crippen LogP) is 2.43. The molecule has 1 aromatic heterocycles. The summed E-state index contributed by atoms with van der Waals surface area (Å²) in [6.07, 6.45) is -3.32. The highest BCUT2D eigenvalue weighted by Crippen LogP contribution is 2.35. The second kappa shape index (κ2) is 8.88. The van der Waals surface area contributed by atoms with Gasteiger partial charge in [0.2, 0.25) is 0 Å². The van der Waals surface area contributed by atoms with Crippen LogP contribution in [0.4, 0.5) is 18.9 Å². The Labute approximate surface area is 170 Å². The van der Waals surface area contributed by atoms with Crippen molar-refractivity contribution in [2.45, 2.75) is 30.1 Å². The molecule has 2 aromatic rings. The van der Waals surface area contributed by atoms with Crippen molar-refractivity contribution in [3.8, 4) is 5.75 Å². The Morgan fingerprint density at radius 1 is 1.10 bits per heavy atom. The summed E-state index contributed by atoms with van der Waals surface area (Å²) < 4.78 is 70.2. The first-order chi connectivity index (χ1) is 14.2. The zero-order valence-electron chi connectivity index (χ0n) is 15.5. The van der Waals surface area contributed by atoms with Gasteiger partial charge in [-0.2, -0.15) is 21.6 Å². The van der Waals surface area contributed by atoms with Gasteiger partial charge in [-0.05, 0) is 50.2 Å². The third kappa shape index (κ3) is 5.00. The number of rotatable bonds is 6. The fourth-order valence-corrected chi connectivity index (χ4v) is 3.93. The lowest BCUT2D eigenvalue weighted by atomic mass is 10.1. The minimum absolute atomic E-state index is 0.0427. The fourth-order valence-electron chi connectivity index (χ4n) is 2.74. The molecule has 12 heteroatoms. The Balaban J connectivity index is 2.03. The van der Waals surface area contributed by atoms with Crippen LogP contribution >= 0.6 is 0 Å². The molecule has 0 saturated carbocycles. The molecule has 2 heterocycles. The Hall–Kier alpha value is -2.86. The fraction of sp³-hybridized carbons (Fsp3) is 0.333. The number of halogens is 3. The van der Waals surface area contributed by atoms with E-state index in [1.807, 2.05) is 0 Å². The number of alkyl halides is 3. The van der Waals surface area contributed by atoms with Gasteiger partial charge in [0, 0.05) is 6.20 Å². The highest BCUT2D eigenvalue weighted by atomic mass is 32.2. The number of ether oxygens (including phenoxy) is 1. The second-order valence-corrected chi connectivity index (χ2v) is 8.01. The molecule has 0 atom stereocenters. The predicted molar refractivity (Wildman–Crippen MR) is 99.0 cm³/mol. The van der Waals surface area contributed by atoms with Gasteiger partial charge in [-0.1, -0.05) is 22.7 Å². The summed E-state index contributed by atoms with van der Waals surface area (Å²) in [5.41, 5.74) is -0.376. The van der Waals surface area contributed by atoms with Gasteiger partial charge < -0.3 is 14.9 Å². The topological polar surface area (TPSA) is 97.8 Å². The van der Waals surface area contributed by atoms with Gasteiger partial charge in [0.25, 0.3) is 0 Å². The van der Waals surface area contributed by atoms with Crippen molar-refractivity contribution in [2.75, 3.05) is 17.6 Å². The van der Waals surface area contributed by atoms with Gasteiger partial charge in [-0.3, -0.25) is 0 Å². The van der Waals surface area contributed by atoms with Crippen LogP contribution in [-0.4, -0.2) is 44.7 Å². The maximum atomic E-state index is 13.0. The molecule has 1 aliphatic heterocycles. The second-order valence-electron chi connectivity index (χ2n) is 6.31. The molecule has 1 aliphatic rings. The van der Waals surface area contributed by atoms with Gasteiger partial charge in [-0.15, -0.1) is 0 Å². The van der Waals surface area contributed by atoms with E-state index in [-0.39, 0.29) is 22.0 Å². The molecule has 1 saturated heterocycles. The van der Waals surface area contributed by atoms with Gasteiger partial charge in [0.1, 0.15) is 17.5 Å². The van der Waals surface area contributed by atoms with E-state index in [1.54, 1.807) is 0 Å². The molecule has 3 rings (SSSR count). The van der Waals surface area contributed by atoms with Crippen molar-refractivity contribution < 1.29 is 36.0 Å². The molecular weight excluding hydrogens is 427 g/mol. The number of para-hydroxylation sites is 2. The highest BCUT2D eigenvalue weighted by Gasteiger charge is 2.45. The van der Waals surface area contributed by atoms with Gasteiger partial charge >= 0.3 is 22.2 Å². The number of carbonyl (C=O) groups excluding carboxylic acids is 1. The zero-order chi connectivity index (χ0) is 21.8. The van der Waals surface area contributed by atoms with Crippen LogP contribution in [0.15, 0.2) is 53.7 Å². The van der Waals surface area contributed by atoms with Crippen LogP contribution in [0, 0.1) is 0 Å². The van der Waals surface area contributed by atoms with E-state index in [9.17, 15) is 26.4 Å². The summed E-state index contributed by atoms with van der Waals surface area (Å²) in [4.78, 5) is 19.5. The van der Waals surface area contributed by atoms with Crippen molar-refractivity contribution in [1.82, 2.24) is 10.3 Å². The first-order valence-electron chi connectivity index (χ1n) is 8.91. The Bertz CT molecular complexity index is 980. The van der Waals surface area contributed by atoms with Crippen molar-refractivity contribution in [1.29, 1.82) is 0 Å². The Morgan fingerprint density at radius 2 is 1.77 bits per heavy atom. The summed E-state index contributed by atoms with van der Waals surface area (Å²) in [6.45, 7) is 1.34. The average Bonchev–Trinajstić information content (AvgIpc) is 2.73. The molecule has 1 aromatic carbocycles. The summed E-state index contributed by atoms with van der Waals surface area (Å²) in [5, 5.41) is 2.54. The molecule has 1 N–H and O–H groups in total. The summed E-state index contributed by atoms with van der Waals surface area (Å²) in [5.74, 6) is -2.74. The third-order valence-corrected chi connectivity index (χ3v) is 5.64. The SMILES string of the molecule is O=C(ON(c1ccccc1OC1CCNCC1)S(=O)(=O)c1ccccn1)C(F)(F)F. The van der Waals surface area contributed by atoms with E-state index in [2.05, 4.69) is 15.1 Å². The van der Waals surface area contributed by atoms with Crippen LogP contribution < -0.4 is 14.5 Å². The van der Waals surface area contributed by atoms with Crippen molar-refractivity contribution >= 4 is 21.7 Å². The maximum absolute atomic E-state index is 13.0. The maximum Gasteiger partial charge on any atom is 0.493 e. The lowest BCUT2D eigenvalue weighted by Crippen LogP contribution is -2.39. The summed E-state index contributed by atoms with van der Waals surface area (Å²) in [7, 11) is -4.79. The molecule has 0 spiro atoms. The quantitative estimate of drug-likeness (QED) is 0.682. The van der Waals surface area contributed by atoms with Gasteiger partial charge in [0.15, 0.2) is 5.03 Å². The first kappa shape index (κ1) is 21.8. The van der Waals surface area contributed by atoms with E-state index in [1.165, 1.54) is 36.4 Å². The smallest absolute Gasteiger partial charge is 0.488 e. The third-order valence-electron chi connectivity index (χ3n) is 4.16. The lowest BCUT2D eigenvalue weighted by molar-refractivity contribution is -0.199. The molecule has 0 unspecified atom stereocenters. The molecule has 1 fully saturated rings. The van der Waals surface area contributed by atoms with Gasteiger partial charge in [0.05, 0.1) is 0 Å². The number of hydrogen-bond donors (Lipinski definition) is 1. The zero-order valence-corrected chi connectivity index (χ0v) is 16.3. The molecule has 0 radical (unpaired) electrons. The molecule has 0 aliphatic carbocycles. The van der Waals surface area contributed by atoms with Crippen molar-refractivity contribution in [3.05, 3.63) is 48.7 Å². The number of pyridine rings is 1. The van der Waals surface area contributed by atoms with E-state index < -0.39 is 27.2 Å². The minimum atomic E-state index is -5.41. The number of hydrogen-bond acceptors (Lipinski definition) is 7. The Kier molecular flexibility index (Phi) is 6.46. The van der Waals surface area contributed by atoms with Gasteiger partial charge in [-0.25, -0.2) is 9.78 Å². The average molecular weight is 445 g/mol. The molecular formula is C18H18F3N3O5S. The van der Waals surface area contributed by atoms with Crippen molar-refractivity contribution in [2.24, 2.45) is 0 Å². The highest BCUT2D eigenvalue weighted by molar-refractivity contribution is 7.92. The molecule has 30 heavy (non-hydrogen) atoms. The summed E-state index contributed by atoms with van der Waals surface area (Å²) in [6, 6.07) is 9.31. The van der Waals surface area contributed by atoms with Crippen LogP contribution in [0.5, 0.6) is 5.75 Å². The number of carbonyl (C=O) groups is 1. The number of benzene rings is 1. The van der Waals surface area contributed by atoms with Crippen LogP contribution in [-0.2, 0) is 19.7 Å². The van der Waals surface area contributed by atoms with E-state index in [0.717, 1.165) is 12.3 Å². The van der Waals surface area contributed by atoms with Crippen molar-refractivity contribution in [3.63, 3.8) is 0 Å². The van der Waals surface area contributed by atoms with E-state index >= 15 is 0 Å². The minimum Gasteiger partial charge on any atom is -0.488 e. The number of anilines is 1. The number of sulfonamides is 1. The number of piperidine rings is 1.